The zero-order valence-corrected chi connectivity index (χ0v) is 14.0. The third-order valence-corrected chi connectivity index (χ3v) is 5.13. The number of aromatic nitrogens is 1. The molecule has 0 unspecified atom stereocenters. The number of fused-ring (bicyclic) bond motifs is 1. The highest BCUT2D eigenvalue weighted by molar-refractivity contribution is 5.91. The molecular weight excluding hydrogens is 294 g/mol. The molecule has 4 rings (SSSR count). The molecule has 3 heteroatoms. The molecule has 2 aliphatic rings. The van der Waals surface area contributed by atoms with E-state index in [9.17, 15) is 0 Å². The zero-order valence-electron chi connectivity index (χ0n) is 14.0. The summed E-state index contributed by atoms with van der Waals surface area (Å²) in [5, 5.41) is 5.81. The summed E-state index contributed by atoms with van der Waals surface area (Å²) in [6.45, 7) is 4.26. The SMILES string of the molecule is C=C(Nc1cc2cc(C3=CN=CC3)ccc2cn1)C1CCCCC1. The van der Waals surface area contributed by atoms with Crippen LogP contribution in [0.25, 0.3) is 16.3 Å². The molecule has 24 heavy (non-hydrogen) atoms. The second-order valence-corrected chi connectivity index (χ2v) is 6.81. The maximum Gasteiger partial charge on any atom is 0.130 e. The van der Waals surface area contributed by atoms with Crippen LogP contribution < -0.4 is 5.32 Å². The van der Waals surface area contributed by atoms with Crippen LogP contribution in [0.4, 0.5) is 5.82 Å². The van der Waals surface area contributed by atoms with Gasteiger partial charge in [0.1, 0.15) is 5.82 Å². The number of rotatable bonds is 4. The van der Waals surface area contributed by atoms with Crippen LogP contribution in [-0.2, 0) is 0 Å². The Balaban J connectivity index is 1.56. The van der Waals surface area contributed by atoms with Crippen molar-refractivity contribution in [2.45, 2.75) is 38.5 Å². The van der Waals surface area contributed by atoms with Gasteiger partial charge in [-0.25, -0.2) is 4.98 Å². The molecule has 1 aromatic carbocycles. The molecule has 1 N–H and O–H groups in total. The Morgan fingerprint density at radius 2 is 1.96 bits per heavy atom. The summed E-state index contributed by atoms with van der Waals surface area (Å²) < 4.78 is 0. The second kappa shape index (κ2) is 6.60. The molecule has 1 aliphatic heterocycles. The van der Waals surface area contributed by atoms with E-state index >= 15 is 0 Å². The molecule has 0 saturated heterocycles. The largest absolute Gasteiger partial charge is 0.344 e. The van der Waals surface area contributed by atoms with Gasteiger partial charge < -0.3 is 5.32 Å². The smallest absolute Gasteiger partial charge is 0.130 e. The van der Waals surface area contributed by atoms with Crippen LogP contribution in [0.2, 0.25) is 0 Å². The van der Waals surface area contributed by atoms with Crippen molar-refractivity contribution in [1.82, 2.24) is 4.98 Å². The highest BCUT2D eigenvalue weighted by Crippen LogP contribution is 2.30. The number of hydrogen-bond donors (Lipinski definition) is 1. The number of anilines is 1. The first kappa shape index (κ1) is 15.1. The van der Waals surface area contributed by atoms with Crippen LogP contribution in [0.1, 0.15) is 44.1 Å². The van der Waals surface area contributed by atoms with E-state index in [4.69, 9.17) is 0 Å². The van der Waals surface area contributed by atoms with E-state index < -0.39 is 0 Å². The van der Waals surface area contributed by atoms with Crippen molar-refractivity contribution in [3.63, 3.8) is 0 Å². The monoisotopic (exact) mass is 317 g/mol. The van der Waals surface area contributed by atoms with Gasteiger partial charge in [0.25, 0.3) is 0 Å². The molecule has 2 heterocycles. The lowest BCUT2D eigenvalue weighted by Crippen LogP contribution is -2.14. The van der Waals surface area contributed by atoms with E-state index in [1.54, 1.807) is 0 Å². The van der Waals surface area contributed by atoms with Gasteiger partial charge in [-0.2, -0.15) is 0 Å². The second-order valence-electron chi connectivity index (χ2n) is 6.81. The third kappa shape index (κ3) is 3.12. The van der Waals surface area contributed by atoms with Gasteiger partial charge >= 0.3 is 0 Å². The van der Waals surface area contributed by atoms with Crippen molar-refractivity contribution < 1.29 is 0 Å². The average Bonchev–Trinajstić information content (AvgIpc) is 3.16. The third-order valence-electron chi connectivity index (χ3n) is 5.13. The van der Waals surface area contributed by atoms with Gasteiger partial charge in [0.05, 0.1) is 0 Å². The summed E-state index contributed by atoms with van der Waals surface area (Å²) >= 11 is 0. The van der Waals surface area contributed by atoms with Gasteiger partial charge in [0, 0.05) is 36.1 Å². The number of aliphatic imine (C=N–C) groups is 1. The van der Waals surface area contributed by atoms with Crippen LogP contribution in [0, 0.1) is 5.92 Å². The van der Waals surface area contributed by atoms with E-state index in [0.29, 0.717) is 5.92 Å². The summed E-state index contributed by atoms with van der Waals surface area (Å²) in [4.78, 5) is 8.76. The molecule has 0 radical (unpaired) electrons. The fourth-order valence-corrected chi connectivity index (χ4v) is 3.67. The highest BCUT2D eigenvalue weighted by Gasteiger charge is 2.16. The minimum atomic E-state index is 0.586. The number of nitrogens with zero attached hydrogens (tertiary/aromatic N) is 2. The molecule has 122 valence electrons. The summed E-state index contributed by atoms with van der Waals surface area (Å²) in [5.74, 6) is 1.48. The zero-order chi connectivity index (χ0) is 16.4. The number of hydrogen-bond acceptors (Lipinski definition) is 3. The number of nitrogens with one attached hydrogen (secondary N) is 1. The molecule has 3 nitrogen and oxygen atoms in total. The molecule has 0 amide bonds. The number of benzene rings is 1. The molecular formula is C21H23N3. The van der Waals surface area contributed by atoms with Gasteiger partial charge in [-0.1, -0.05) is 38.0 Å². The van der Waals surface area contributed by atoms with Gasteiger partial charge in [0.2, 0.25) is 0 Å². The maximum absolute atomic E-state index is 4.56. The number of allylic oxidation sites excluding steroid dienone is 2. The Kier molecular flexibility index (Phi) is 4.16. The van der Waals surface area contributed by atoms with Gasteiger partial charge in [-0.3, -0.25) is 4.99 Å². The van der Waals surface area contributed by atoms with Crippen LogP contribution in [0.3, 0.4) is 0 Å². The van der Waals surface area contributed by atoms with Crippen molar-refractivity contribution in [2.75, 3.05) is 5.32 Å². The average molecular weight is 317 g/mol. The lowest BCUT2D eigenvalue weighted by atomic mass is 9.87. The van der Waals surface area contributed by atoms with E-state index in [0.717, 1.165) is 23.3 Å². The molecule has 1 fully saturated rings. The van der Waals surface area contributed by atoms with Crippen LogP contribution in [-0.4, -0.2) is 11.2 Å². The van der Waals surface area contributed by atoms with Crippen LogP contribution in [0.5, 0.6) is 0 Å². The van der Waals surface area contributed by atoms with Crippen molar-refractivity contribution in [2.24, 2.45) is 10.9 Å². The Morgan fingerprint density at radius 1 is 1.08 bits per heavy atom. The van der Waals surface area contributed by atoms with E-state index in [-0.39, 0.29) is 0 Å². The fraction of sp³-hybridized carbons (Fsp3) is 0.333. The molecule has 0 spiro atoms. The van der Waals surface area contributed by atoms with E-state index in [1.807, 2.05) is 18.6 Å². The summed E-state index contributed by atoms with van der Waals surface area (Å²) in [6.07, 6.45) is 13.2. The summed E-state index contributed by atoms with van der Waals surface area (Å²) in [5.41, 5.74) is 3.63. The molecule has 2 aromatic rings. The van der Waals surface area contributed by atoms with E-state index in [1.165, 1.54) is 48.6 Å². The first-order chi connectivity index (χ1) is 11.8. The Labute approximate surface area is 143 Å². The minimum Gasteiger partial charge on any atom is -0.344 e. The van der Waals surface area contributed by atoms with Crippen molar-refractivity contribution in [3.8, 4) is 0 Å². The lowest BCUT2D eigenvalue weighted by Gasteiger charge is -2.24. The summed E-state index contributed by atoms with van der Waals surface area (Å²) in [7, 11) is 0. The maximum atomic E-state index is 4.56. The molecule has 0 atom stereocenters. The highest BCUT2D eigenvalue weighted by atomic mass is 15.0. The fourth-order valence-electron chi connectivity index (χ4n) is 3.67. The first-order valence-corrected chi connectivity index (χ1v) is 8.86. The number of pyridine rings is 1. The molecule has 0 bridgehead atoms. The first-order valence-electron chi connectivity index (χ1n) is 8.86. The van der Waals surface area contributed by atoms with Crippen LogP contribution >= 0.6 is 0 Å². The van der Waals surface area contributed by atoms with Crippen molar-refractivity contribution >= 4 is 28.4 Å². The van der Waals surface area contributed by atoms with Gasteiger partial charge in [-0.05, 0) is 47.4 Å². The molecule has 1 aromatic heterocycles. The van der Waals surface area contributed by atoms with Gasteiger partial charge in [-0.15, -0.1) is 0 Å². The van der Waals surface area contributed by atoms with Gasteiger partial charge in [0.15, 0.2) is 0 Å². The van der Waals surface area contributed by atoms with Crippen molar-refractivity contribution in [1.29, 1.82) is 0 Å². The molecule has 1 aliphatic carbocycles. The Hall–Kier alpha value is -2.42. The van der Waals surface area contributed by atoms with Crippen LogP contribution in [0.15, 0.2) is 53.9 Å². The quantitative estimate of drug-likeness (QED) is 0.802. The predicted molar refractivity (Wildman–Crippen MR) is 102 cm³/mol. The Morgan fingerprint density at radius 3 is 2.75 bits per heavy atom. The topological polar surface area (TPSA) is 37.3 Å². The normalized spacial score (nSPS) is 17.9. The molecule has 1 saturated carbocycles. The Bertz CT molecular complexity index is 826. The standard InChI is InChI=1S/C21H23N3/c1-15(16-5-3-2-4-6-16)24-21-12-20-11-17(19-9-10-22-13-19)7-8-18(20)14-23-21/h7-8,10-14,16H,1-6,9H2,(H,23,24). The summed E-state index contributed by atoms with van der Waals surface area (Å²) in [6, 6.07) is 8.64. The minimum absolute atomic E-state index is 0.586. The predicted octanol–water partition coefficient (Wildman–Crippen LogP) is 5.56. The van der Waals surface area contributed by atoms with E-state index in [2.05, 4.69) is 46.1 Å². The van der Waals surface area contributed by atoms with Crippen molar-refractivity contribution in [3.05, 3.63) is 54.5 Å². The lowest BCUT2D eigenvalue weighted by molar-refractivity contribution is 0.405.